The van der Waals surface area contributed by atoms with Crippen molar-refractivity contribution in [3.63, 3.8) is 0 Å². The van der Waals surface area contributed by atoms with Gasteiger partial charge in [-0.3, -0.25) is 4.98 Å². The molecule has 0 bridgehead atoms. The molecule has 9 heteroatoms. The van der Waals surface area contributed by atoms with Crippen LogP contribution in [0.2, 0.25) is 0 Å². The highest BCUT2D eigenvalue weighted by atomic mass is 16.6. The minimum atomic E-state index is -0.589. The van der Waals surface area contributed by atoms with E-state index in [9.17, 15) is 9.59 Å². The predicted octanol–water partition coefficient (Wildman–Crippen LogP) is 3.35. The van der Waals surface area contributed by atoms with Gasteiger partial charge in [-0.2, -0.15) is 0 Å². The molecule has 2 N–H and O–H groups in total. The zero-order valence-corrected chi connectivity index (χ0v) is 19.4. The summed E-state index contributed by atoms with van der Waals surface area (Å²) in [5.74, 6) is 1.38. The number of nitrogens with one attached hydrogen (secondary N) is 2. The number of fused-ring (bicyclic) bond motifs is 1. The molecule has 0 unspecified atom stereocenters. The molecule has 0 spiro atoms. The van der Waals surface area contributed by atoms with Gasteiger partial charge in [-0.15, -0.1) is 0 Å². The van der Waals surface area contributed by atoms with Gasteiger partial charge in [-0.25, -0.2) is 9.59 Å². The Labute approximate surface area is 194 Å². The van der Waals surface area contributed by atoms with Crippen molar-refractivity contribution < 1.29 is 23.8 Å². The highest BCUT2D eigenvalue weighted by Gasteiger charge is 2.23. The second-order valence-electron chi connectivity index (χ2n) is 8.75. The Morgan fingerprint density at radius 3 is 2.67 bits per heavy atom. The van der Waals surface area contributed by atoms with Gasteiger partial charge in [0.05, 0.1) is 13.1 Å². The van der Waals surface area contributed by atoms with Crippen molar-refractivity contribution in [3.8, 4) is 11.5 Å². The summed E-state index contributed by atoms with van der Waals surface area (Å²) >= 11 is 0. The molecular weight excluding hydrogens is 424 g/mol. The molecule has 2 heterocycles. The molecule has 9 nitrogen and oxygen atoms in total. The number of para-hydroxylation sites is 2. The molecule has 1 atom stereocenters. The fourth-order valence-electron chi connectivity index (χ4n) is 3.18. The van der Waals surface area contributed by atoms with Crippen LogP contribution < -0.4 is 20.1 Å². The van der Waals surface area contributed by atoms with Gasteiger partial charge < -0.3 is 29.7 Å². The zero-order chi connectivity index (χ0) is 23.7. The van der Waals surface area contributed by atoms with E-state index in [1.165, 1.54) is 0 Å². The number of ether oxygens (including phenoxy) is 3. The third-order valence-electron chi connectivity index (χ3n) is 4.70. The molecule has 33 heavy (non-hydrogen) atoms. The van der Waals surface area contributed by atoms with Crippen LogP contribution in [0.4, 0.5) is 9.59 Å². The van der Waals surface area contributed by atoms with E-state index >= 15 is 0 Å². The lowest BCUT2D eigenvalue weighted by Gasteiger charge is -2.27. The number of amides is 3. The first kappa shape index (κ1) is 24.2. The summed E-state index contributed by atoms with van der Waals surface area (Å²) in [6.07, 6.45) is 3.33. The van der Waals surface area contributed by atoms with Crippen molar-refractivity contribution in [1.29, 1.82) is 0 Å². The molecule has 0 saturated heterocycles. The number of carbonyl (C=O) groups excluding carboxylic acids is 2. The van der Waals surface area contributed by atoms with Crippen LogP contribution in [0.25, 0.3) is 0 Å². The number of hydrogen-bond acceptors (Lipinski definition) is 6. The average Bonchev–Trinajstić information content (AvgIpc) is 2.79. The lowest BCUT2D eigenvalue weighted by molar-refractivity contribution is 0.0232. The quantitative estimate of drug-likeness (QED) is 0.591. The molecule has 0 aliphatic carbocycles. The van der Waals surface area contributed by atoms with Gasteiger partial charge in [0.15, 0.2) is 17.6 Å². The molecular formula is C24H32N4O5. The van der Waals surface area contributed by atoms with Crippen molar-refractivity contribution in [3.05, 3.63) is 54.4 Å². The molecule has 2 aromatic rings. The van der Waals surface area contributed by atoms with Crippen LogP contribution in [0.1, 0.15) is 32.8 Å². The summed E-state index contributed by atoms with van der Waals surface area (Å²) in [4.78, 5) is 30.5. The van der Waals surface area contributed by atoms with E-state index in [0.717, 1.165) is 5.56 Å². The van der Waals surface area contributed by atoms with Crippen LogP contribution in [0.15, 0.2) is 48.8 Å². The summed E-state index contributed by atoms with van der Waals surface area (Å²) in [5, 5.41) is 5.61. The van der Waals surface area contributed by atoms with Gasteiger partial charge in [-0.05, 0) is 51.0 Å². The van der Waals surface area contributed by atoms with E-state index in [2.05, 4.69) is 15.6 Å². The smallest absolute Gasteiger partial charge is 0.410 e. The Bertz CT molecular complexity index is 917. The van der Waals surface area contributed by atoms with E-state index in [1.807, 2.05) is 57.2 Å². The lowest BCUT2D eigenvalue weighted by Crippen LogP contribution is -2.45. The fourth-order valence-corrected chi connectivity index (χ4v) is 3.18. The lowest BCUT2D eigenvalue weighted by atomic mass is 10.2. The Kier molecular flexibility index (Phi) is 8.34. The molecule has 3 amide bonds. The van der Waals surface area contributed by atoms with E-state index in [0.29, 0.717) is 50.7 Å². The Balaban J connectivity index is 1.40. The third-order valence-corrected chi connectivity index (χ3v) is 4.70. The van der Waals surface area contributed by atoms with Gasteiger partial charge in [0, 0.05) is 25.5 Å². The largest absolute Gasteiger partial charge is 0.486 e. The Morgan fingerprint density at radius 2 is 1.94 bits per heavy atom. The Hall–Kier alpha value is -3.49. The van der Waals surface area contributed by atoms with Gasteiger partial charge in [-0.1, -0.05) is 18.2 Å². The van der Waals surface area contributed by atoms with Crippen molar-refractivity contribution in [1.82, 2.24) is 20.5 Å². The number of aromatic nitrogens is 1. The maximum Gasteiger partial charge on any atom is 0.410 e. The van der Waals surface area contributed by atoms with Gasteiger partial charge in [0.1, 0.15) is 12.2 Å². The summed E-state index contributed by atoms with van der Waals surface area (Å²) in [6, 6.07) is 10.9. The molecule has 1 aromatic carbocycles. The van der Waals surface area contributed by atoms with Crippen molar-refractivity contribution >= 4 is 12.1 Å². The molecule has 1 aliphatic heterocycles. The second kappa shape index (κ2) is 11.4. The number of carbonyl (C=O) groups is 2. The summed E-state index contributed by atoms with van der Waals surface area (Å²) in [5.41, 5.74) is 0.318. The molecule has 1 aliphatic rings. The number of rotatable bonds is 8. The summed E-state index contributed by atoms with van der Waals surface area (Å²) in [7, 11) is 0. The van der Waals surface area contributed by atoms with E-state index in [1.54, 1.807) is 17.3 Å². The van der Waals surface area contributed by atoms with Crippen LogP contribution in [-0.4, -0.2) is 60.0 Å². The van der Waals surface area contributed by atoms with Crippen LogP contribution in [0.5, 0.6) is 11.5 Å². The van der Waals surface area contributed by atoms with Crippen LogP contribution >= 0.6 is 0 Å². The van der Waals surface area contributed by atoms with E-state index in [-0.39, 0.29) is 12.1 Å². The van der Waals surface area contributed by atoms with Crippen molar-refractivity contribution in [2.24, 2.45) is 0 Å². The summed E-state index contributed by atoms with van der Waals surface area (Å²) < 4.78 is 17.0. The summed E-state index contributed by atoms with van der Waals surface area (Å²) in [6.45, 7) is 7.41. The standard InChI is InChI=1S/C24H32N4O5/c1-24(2,3)33-23(30)28(16-18-8-6-11-25-14-18)13-7-12-26-22(29)27-15-19-17-31-20-9-4-5-10-21(20)32-19/h4-6,8-11,14,19H,7,12-13,15-17H2,1-3H3,(H2,26,27,29)/t19-/m0/s1. The maximum absolute atomic E-state index is 12.6. The van der Waals surface area contributed by atoms with Gasteiger partial charge >= 0.3 is 12.1 Å². The molecule has 0 radical (unpaired) electrons. The van der Waals surface area contributed by atoms with Gasteiger partial charge in [0.25, 0.3) is 0 Å². The van der Waals surface area contributed by atoms with Crippen LogP contribution in [0, 0.1) is 0 Å². The van der Waals surface area contributed by atoms with Crippen molar-refractivity contribution in [2.45, 2.75) is 45.4 Å². The number of pyridine rings is 1. The fraction of sp³-hybridized carbons (Fsp3) is 0.458. The number of hydrogen-bond donors (Lipinski definition) is 2. The third kappa shape index (κ3) is 8.17. The topological polar surface area (TPSA) is 102 Å². The van der Waals surface area contributed by atoms with E-state index < -0.39 is 11.7 Å². The minimum Gasteiger partial charge on any atom is -0.486 e. The Morgan fingerprint density at radius 1 is 1.15 bits per heavy atom. The van der Waals surface area contributed by atoms with Crippen molar-refractivity contribution in [2.75, 3.05) is 26.2 Å². The highest BCUT2D eigenvalue weighted by Crippen LogP contribution is 2.30. The first-order valence-electron chi connectivity index (χ1n) is 11.1. The van der Waals surface area contributed by atoms with Crippen LogP contribution in [-0.2, 0) is 11.3 Å². The predicted molar refractivity (Wildman–Crippen MR) is 123 cm³/mol. The first-order chi connectivity index (χ1) is 15.8. The zero-order valence-electron chi connectivity index (χ0n) is 19.4. The minimum absolute atomic E-state index is 0.257. The first-order valence-corrected chi connectivity index (χ1v) is 11.1. The normalized spacial score (nSPS) is 14.8. The number of nitrogens with zero attached hydrogens (tertiary/aromatic N) is 2. The molecule has 178 valence electrons. The number of urea groups is 1. The molecule has 3 rings (SSSR count). The SMILES string of the molecule is CC(C)(C)OC(=O)N(CCCNC(=O)NC[C@H]1COc2ccccc2O1)Cc1cccnc1. The monoisotopic (exact) mass is 456 g/mol. The molecule has 0 saturated carbocycles. The van der Waals surface area contributed by atoms with Crippen LogP contribution in [0.3, 0.4) is 0 Å². The highest BCUT2D eigenvalue weighted by molar-refractivity contribution is 5.73. The van der Waals surface area contributed by atoms with Gasteiger partial charge in [0.2, 0.25) is 0 Å². The average molecular weight is 457 g/mol. The molecule has 0 fully saturated rings. The number of benzene rings is 1. The maximum atomic E-state index is 12.6. The van der Waals surface area contributed by atoms with E-state index in [4.69, 9.17) is 14.2 Å². The molecule has 1 aromatic heterocycles. The second-order valence-corrected chi connectivity index (χ2v) is 8.75.